The van der Waals surface area contributed by atoms with E-state index in [0.717, 1.165) is 12.2 Å². The summed E-state index contributed by atoms with van der Waals surface area (Å²) in [6, 6.07) is 0. The van der Waals surface area contributed by atoms with Gasteiger partial charge in [0.2, 0.25) is 5.91 Å². The Hall–Kier alpha value is -1.69. The molecule has 0 aromatic rings. The van der Waals surface area contributed by atoms with E-state index in [4.69, 9.17) is 10.6 Å². The molecule has 3 amide bonds. The standard InChI is InChI=1S/C7H8N2O4/c8-5(10)3-4-13-9-6(11)1-2-7(9)12/h1-2H,3-4H2,(H2,8,10). The molecule has 1 heterocycles. The molecule has 0 saturated heterocycles. The van der Waals surface area contributed by atoms with Crippen LogP contribution in [0.4, 0.5) is 0 Å². The first-order valence-electron chi connectivity index (χ1n) is 3.58. The third kappa shape index (κ3) is 2.38. The van der Waals surface area contributed by atoms with Crippen LogP contribution in [0.25, 0.3) is 0 Å². The van der Waals surface area contributed by atoms with Gasteiger partial charge in [-0.25, -0.2) is 0 Å². The van der Waals surface area contributed by atoms with Gasteiger partial charge in [0, 0.05) is 12.2 Å². The number of hydroxylamine groups is 2. The number of carbonyl (C=O) groups is 3. The summed E-state index contributed by atoms with van der Waals surface area (Å²) >= 11 is 0. The molecule has 0 bridgehead atoms. The van der Waals surface area contributed by atoms with Crippen LogP contribution in [0.5, 0.6) is 0 Å². The monoisotopic (exact) mass is 184 g/mol. The molecule has 0 saturated carbocycles. The third-order valence-corrected chi connectivity index (χ3v) is 1.34. The Morgan fingerprint density at radius 1 is 1.38 bits per heavy atom. The van der Waals surface area contributed by atoms with Gasteiger partial charge in [0.25, 0.3) is 11.8 Å². The molecule has 0 radical (unpaired) electrons. The van der Waals surface area contributed by atoms with Gasteiger partial charge in [0.05, 0.1) is 13.0 Å². The van der Waals surface area contributed by atoms with Crippen LogP contribution in [0.2, 0.25) is 0 Å². The van der Waals surface area contributed by atoms with Gasteiger partial charge < -0.3 is 5.73 Å². The zero-order chi connectivity index (χ0) is 9.84. The van der Waals surface area contributed by atoms with Crippen molar-refractivity contribution in [3.8, 4) is 0 Å². The molecule has 70 valence electrons. The molecule has 1 rings (SSSR count). The molecule has 6 nitrogen and oxygen atoms in total. The number of imide groups is 1. The van der Waals surface area contributed by atoms with Gasteiger partial charge in [-0.1, -0.05) is 0 Å². The average molecular weight is 184 g/mol. The maximum absolute atomic E-state index is 10.8. The van der Waals surface area contributed by atoms with Crippen molar-refractivity contribution in [2.24, 2.45) is 5.73 Å². The summed E-state index contributed by atoms with van der Waals surface area (Å²) in [5.74, 6) is -1.64. The van der Waals surface area contributed by atoms with Crippen molar-refractivity contribution in [2.75, 3.05) is 6.61 Å². The van der Waals surface area contributed by atoms with Gasteiger partial charge in [-0.2, -0.15) is 0 Å². The van der Waals surface area contributed by atoms with Crippen molar-refractivity contribution in [3.05, 3.63) is 12.2 Å². The Morgan fingerprint density at radius 2 is 1.92 bits per heavy atom. The van der Waals surface area contributed by atoms with Crippen LogP contribution in [0.1, 0.15) is 6.42 Å². The molecular weight excluding hydrogens is 176 g/mol. The molecule has 0 aromatic heterocycles. The maximum Gasteiger partial charge on any atom is 0.277 e. The zero-order valence-corrected chi connectivity index (χ0v) is 6.73. The van der Waals surface area contributed by atoms with Crippen molar-refractivity contribution in [1.82, 2.24) is 5.06 Å². The molecule has 0 fully saturated rings. The summed E-state index contributed by atoms with van der Waals surface area (Å²) in [7, 11) is 0. The predicted octanol–water partition coefficient (Wildman–Crippen LogP) is -1.28. The molecule has 0 atom stereocenters. The number of hydrogen-bond acceptors (Lipinski definition) is 4. The van der Waals surface area contributed by atoms with E-state index in [1.54, 1.807) is 0 Å². The van der Waals surface area contributed by atoms with Crippen molar-refractivity contribution < 1.29 is 19.2 Å². The van der Waals surface area contributed by atoms with Gasteiger partial charge >= 0.3 is 0 Å². The second-order valence-electron chi connectivity index (χ2n) is 2.35. The van der Waals surface area contributed by atoms with E-state index in [-0.39, 0.29) is 13.0 Å². The second-order valence-corrected chi connectivity index (χ2v) is 2.35. The first kappa shape index (κ1) is 9.40. The molecular formula is C7H8N2O4. The Kier molecular flexibility index (Phi) is 2.76. The Bertz CT molecular complexity index is 266. The highest BCUT2D eigenvalue weighted by Crippen LogP contribution is 2.03. The molecule has 1 aliphatic heterocycles. The van der Waals surface area contributed by atoms with Crippen LogP contribution in [-0.4, -0.2) is 29.4 Å². The lowest BCUT2D eigenvalue weighted by Crippen LogP contribution is -2.31. The van der Waals surface area contributed by atoms with Crippen LogP contribution in [-0.2, 0) is 19.2 Å². The van der Waals surface area contributed by atoms with Crippen molar-refractivity contribution >= 4 is 17.7 Å². The van der Waals surface area contributed by atoms with Crippen molar-refractivity contribution in [3.63, 3.8) is 0 Å². The normalized spacial score (nSPS) is 15.5. The van der Waals surface area contributed by atoms with E-state index >= 15 is 0 Å². The summed E-state index contributed by atoms with van der Waals surface area (Å²) in [6.45, 7) is -0.0749. The van der Waals surface area contributed by atoms with Crippen molar-refractivity contribution in [1.29, 1.82) is 0 Å². The SMILES string of the molecule is NC(=O)CCON1C(=O)C=CC1=O. The quantitative estimate of drug-likeness (QED) is 0.551. The van der Waals surface area contributed by atoms with E-state index in [1.165, 1.54) is 0 Å². The largest absolute Gasteiger partial charge is 0.370 e. The lowest BCUT2D eigenvalue weighted by atomic mass is 10.4. The minimum absolute atomic E-state index is 0.0307. The molecule has 13 heavy (non-hydrogen) atoms. The third-order valence-electron chi connectivity index (χ3n) is 1.34. The van der Waals surface area contributed by atoms with Gasteiger partial charge in [-0.3, -0.25) is 19.2 Å². The highest BCUT2D eigenvalue weighted by atomic mass is 16.7. The average Bonchev–Trinajstić information content (AvgIpc) is 2.34. The number of rotatable bonds is 4. The lowest BCUT2D eigenvalue weighted by molar-refractivity contribution is -0.186. The first-order chi connectivity index (χ1) is 6.11. The summed E-state index contributed by atoms with van der Waals surface area (Å²) in [5.41, 5.74) is 4.82. The minimum Gasteiger partial charge on any atom is -0.370 e. The van der Waals surface area contributed by atoms with Crippen molar-refractivity contribution in [2.45, 2.75) is 6.42 Å². The molecule has 0 unspecified atom stereocenters. The summed E-state index contributed by atoms with van der Waals surface area (Å²) in [5, 5.41) is 0.586. The van der Waals surface area contributed by atoms with E-state index < -0.39 is 17.7 Å². The van der Waals surface area contributed by atoms with Crippen LogP contribution in [0.15, 0.2) is 12.2 Å². The molecule has 6 heteroatoms. The fourth-order valence-electron chi connectivity index (χ4n) is 0.751. The number of amides is 3. The van der Waals surface area contributed by atoms with E-state index in [0.29, 0.717) is 5.06 Å². The number of primary amides is 1. The first-order valence-corrected chi connectivity index (χ1v) is 3.58. The van der Waals surface area contributed by atoms with Crippen LogP contribution < -0.4 is 5.73 Å². The topological polar surface area (TPSA) is 89.7 Å². The molecule has 2 N–H and O–H groups in total. The minimum atomic E-state index is -0.549. The number of nitrogens with zero attached hydrogens (tertiary/aromatic N) is 1. The predicted molar refractivity (Wildman–Crippen MR) is 40.8 cm³/mol. The number of nitrogens with two attached hydrogens (primary N) is 1. The number of hydrogen-bond donors (Lipinski definition) is 1. The summed E-state index contributed by atoms with van der Waals surface area (Å²) < 4.78 is 0. The van der Waals surface area contributed by atoms with E-state index in [2.05, 4.69) is 0 Å². The fourth-order valence-corrected chi connectivity index (χ4v) is 0.751. The maximum atomic E-state index is 10.8. The van der Waals surface area contributed by atoms with Crippen LogP contribution in [0, 0.1) is 0 Å². The molecule has 0 aliphatic carbocycles. The highest BCUT2D eigenvalue weighted by Gasteiger charge is 2.24. The van der Waals surface area contributed by atoms with Crippen LogP contribution >= 0.6 is 0 Å². The summed E-state index contributed by atoms with van der Waals surface area (Å²) in [4.78, 5) is 36.7. The van der Waals surface area contributed by atoms with Gasteiger partial charge in [-0.15, -0.1) is 5.06 Å². The Balaban J connectivity index is 2.34. The Labute approximate surface area is 73.9 Å². The van der Waals surface area contributed by atoms with E-state index in [9.17, 15) is 14.4 Å². The molecule has 0 aromatic carbocycles. The summed E-state index contributed by atoms with van der Waals surface area (Å²) in [6.07, 6.45) is 2.15. The zero-order valence-electron chi connectivity index (χ0n) is 6.73. The van der Waals surface area contributed by atoms with Gasteiger partial charge in [0.15, 0.2) is 0 Å². The fraction of sp³-hybridized carbons (Fsp3) is 0.286. The van der Waals surface area contributed by atoms with E-state index in [1.807, 2.05) is 0 Å². The van der Waals surface area contributed by atoms with Crippen LogP contribution in [0.3, 0.4) is 0 Å². The smallest absolute Gasteiger partial charge is 0.277 e. The number of carbonyl (C=O) groups excluding carboxylic acids is 3. The second kappa shape index (κ2) is 3.81. The van der Waals surface area contributed by atoms with Gasteiger partial charge in [-0.05, 0) is 0 Å². The Morgan fingerprint density at radius 3 is 2.38 bits per heavy atom. The van der Waals surface area contributed by atoms with Gasteiger partial charge in [0.1, 0.15) is 0 Å². The molecule has 0 spiro atoms. The lowest BCUT2D eigenvalue weighted by Gasteiger charge is -2.11. The molecule has 1 aliphatic rings. The highest BCUT2D eigenvalue weighted by molar-refractivity contribution is 6.11.